The van der Waals surface area contributed by atoms with Crippen molar-refractivity contribution in [3.05, 3.63) is 96.3 Å². The van der Waals surface area contributed by atoms with Gasteiger partial charge in [-0.2, -0.15) is 0 Å². The van der Waals surface area contributed by atoms with E-state index in [1.165, 1.54) is 26.6 Å². The molecule has 4 rings (SSSR count). The van der Waals surface area contributed by atoms with E-state index in [9.17, 15) is 9.59 Å². The van der Waals surface area contributed by atoms with Crippen LogP contribution in [-0.2, 0) is 0 Å². The standard InChI is InChI=1S/C26H22N4O4/c1-33-22-14-21(23(34-2)13-20(22)29-25(31)18-11-7-4-8-12-18)30-26(32)19-15-27-24(28-16-19)17-9-5-3-6-10-17/h3-16H,1-2H3,(H,29,31)(H,30,32). The first-order chi connectivity index (χ1) is 16.6. The van der Waals surface area contributed by atoms with Crippen LogP contribution in [-0.4, -0.2) is 36.0 Å². The molecule has 2 amide bonds. The molecule has 1 heterocycles. The number of carbonyl (C=O) groups excluding carboxylic acids is 2. The van der Waals surface area contributed by atoms with Gasteiger partial charge in [-0.05, 0) is 12.1 Å². The van der Waals surface area contributed by atoms with Crippen LogP contribution >= 0.6 is 0 Å². The van der Waals surface area contributed by atoms with Gasteiger partial charge in [0.2, 0.25) is 0 Å². The van der Waals surface area contributed by atoms with Crippen molar-refractivity contribution < 1.29 is 19.1 Å². The third-order valence-corrected chi connectivity index (χ3v) is 5.00. The quantitative estimate of drug-likeness (QED) is 0.421. The number of methoxy groups -OCH3 is 2. The zero-order chi connectivity index (χ0) is 23.9. The molecule has 4 aromatic rings. The summed E-state index contributed by atoms with van der Waals surface area (Å²) in [7, 11) is 2.94. The number of ether oxygens (including phenoxy) is 2. The highest BCUT2D eigenvalue weighted by Gasteiger charge is 2.17. The maximum Gasteiger partial charge on any atom is 0.258 e. The predicted molar refractivity (Wildman–Crippen MR) is 129 cm³/mol. The summed E-state index contributed by atoms with van der Waals surface area (Å²) in [5, 5.41) is 5.60. The van der Waals surface area contributed by atoms with Crippen LogP contribution in [0.1, 0.15) is 20.7 Å². The van der Waals surface area contributed by atoms with E-state index in [0.717, 1.165) is 5.56 Å². The Kier molecular flexibility index (Phi) is 6.78. The molecule has 2 N–H and O–H groups in total. The van der Waals surface area contributed by atoms with Crippen molar-refractivity contribution in [2.45, 2.75) is 0 Å². The predicted octanol–water partition coefficient (Wildman–Crippen LogP) is 4.67. The van der Waals surface area contributed by atoms with E-state index in [2.05, 4.69) is 20.6 Å². The van der Waals surface area contributed by atoms with Crippen molar-refractivity contribution in [2.24, 2.45) is 0 Å². The molecule has 0 aliphatic rings. The van der Waals surface area contributed by atoms with E-state index < -0.39 is 5.91 Å². The molecule has 0 saturated carbocycles. The minimum atomic E-state index is -0.416. The molecular weight excluding hydrogens is 432 g/mol. The summed E-state index contributed by atoms with van der Waals surface area (Å²) in [6.07, 6.45) is 2.92. The number of nitrogens with zero attached hydrogens (tertiary/aromatic N) is 2. The van der Waals surface area contributed by atoms with Crippen LogP contribution in [0.2, 0.25) is 0 Å². The number of hydrogen-bond acceptors (Lipinski definition) is 6. The van der Waals surface area contributed by atoms with Gasteiger partial charge in [-0.1, -0.05) is 48.5 Å². The van der Waals surface area contributed by atoms with E-state index in [1.54, 1.807) is 36.4 Å². The molecule has 1 aromatic heterocycles. The number of carbonyl (C=O) groups is 2. The molecule has 0 bridgehead atoms. The second-order valence-corrected chi connectivity index (χ2v) is 7.19. The lowest BCUT2D eigenvalue weighted by Gasteiger charge is -2.16. The van der Waals surface area contributed by atoms with Gasteiger partial charge >= 0.3 is 0 Å². The highest BCUT2D eigenvalue weighted by atomic mass is 16.5. The van der Waals surface area contributed by atoms with E-state index in [4.69, 9.17) is 9.47 Å². The fourth-order valence-corrected chi connectivity index (χ4v) is 3.25. The summed E-state index contributed by atoms with van der Waals surface area (Å²) < 4.78 is 10.9. The Labute approximate surface area is 196 Å². The second kappa shape index (κ2) is 10.3. The van der Waals surface area contributed by atoms with E-state index in [1.807, 2.05) is 36.4 Å². The van der Waals surface area contributed by atoms with Gasteiger partial charge in [0.15, 0.2) is 5.82 Å². The molecule has 0 spiro atoms. The van der Waals surface area contributed by atoms with Crippen LogP contribution in [0.25, 0.3) is 11.4 Å². The molecule has 8 nitrogen and oxygen atoms in total. The van der Waals surface area contributed by atoms with Crippen LogP contribution < -0.4 is 20.1 Å². The zero-order valence-electron chi connectivity index (χ0n) is 18.6. The van der Waals surface area contributed by atoms with E-state index >= 15 is 0 Å². The van der Waals surface area contributed by atoms with Crippen molar-refractivity contribution in [3.63, 3.8) is 0 Å². The third kappa shape index (κ3) is 5.02. The Hall–Kier alpha value is -4.72. The normalized spacial score (nSPS) is 10.3. The molecule has 0 aliphatic carbocycles. The van der Waals surface area contributed by atoms with Gasteiger partial charge in [0.25, 0.3) is 11.8 Å². The smallest absolute Gasteiger partial charge is 0.258 e. The van der Waals surface area contributed by atoms with Crippen LogP contribution in [0.4, 0.5) is 11.4 Å². The van der Waals surface area contributed by atoms with Crippen molar-refractivity contribution in [2.75, 3.05) is 24.9 Å². The summed E-state index contributed by atoms with van der Waals surface area (Å²) in [4.78, 5) is 34.0. The fraction of sp³-hybridized carbons (Fsp3) is 0.0769. The summed E-state index contributed by atoms with van der Waals surface area (Å²) in [5.74, 6) is 0.514. The number of aromatic nitrogens is 2. The van der Waals surface area contributed by atoms with Crippen LogP contribution in [0.5, 0.6) is 11.5 Å². The lowest BCUT2D eigenvalue weighted by atomic mass is 10.2. The number of hydrogen-bond donors (Lipinski definition) is 2. The number of nitrogens with one attached hydrogen (secondary N) is 2. The van der Waals surface area contributed by atoms with Crippen LogP contribution in [0.3, 0.4) is 0 Å². The average molecular weight is 454 g/mol. The highest BCUT2D eigenvalue weighted by Crippen LogP contribution is 2.37. The van der Waals surface area contributed by atoms with E-state index in [-0.39, 0.29) is 11.5 Å². The van der Waals surface area contributed by atoms with Gasteiger partial charge in [0, 0.05) is 35.7 Å². The molecule has 0 fully saturated rings. The summed E-state index contributed by atoms with van der Waals surface area (Å²) >= 11 is 0. The summed E-state index contributed by atoms with van der Waals surface area (Å²) in [6, 6.07) is 21.5. The SMILES string of the molecule is COc1cc(NC(=O)c2cnc(-c3ccccc3)nc2)c(OC)cc1NC(=O)c1ccccc1. The largest absolute Gasteiger partial charge is 0.494 e. The first-order valence-electron chi connectivity index (χ1n) is 10.4. The Balaban J connectivity index is 1.54. The molecule has 0 atom stereocenters. The van der Waals surface area contributed by atoms with Gasteiger partial charge in [-0.15, -0.1) is 0 Å². The molecular formula is C26H22N4O4. The lowest BCUT2D eigenvalue weighted by Crippen LogP contribution is -2.15. The maximum absolute atomic E-state index is 12.8. The van der Waals surface area contributed by atoms with Gasteiger partial charge in [-0.25, -0.2) is 9.97 Å². The fourth-order valence-electron chi connectivity index (χ4n) is 3.25. The molecule has 3 aromatic carbocycles. The van der Waals surface area contributed by atoms with E-state index in [0.29, 0.717) is 34.3 Å². The lowest BCUT2D eigenvalue weighted by molar-refractivity contribution is 0.101. The van der Waals surface area contributed by atoms with Gasteiger partial charge in [0.05, 0.1) is 31.2 Å². The minimum absolute atomic E-state index is 0.280. The minimum Gasteiger partial charge on any atom is -0.494 e. The molecule has 0 unspecified atom stereocenters. The van der Waals surface area contributed by atoms with Gasteiger partial charge in [-0.3, -0.25) is 9.59 Å². The number of rotatable bonds is 7. The third-order valence-electron chi connectivity index (χ3n) is 5.00. The maximum atomic E-state index is 12.8. The topological polar surface area (TPSA) is 102 Å². The first kappa shape index (κ1) is 22.5. The zero-order valence-corrected chi connectivity index (χ0v) is 18.6. The number of benzene rings is 3. The Morgan fingerprint density at radius 2 is 1.15 bits per heavy atom. The average Bonchev–Trinajstić information content (AvgIpc) is 2.90. The molecule has 8 heteroatoms. The van der Waals surface area contributed by atoms with Gasteiger partial charge in [0.1, 0.15) is 11.5 Å². The summed E-state index contributed by atoms with van der Waals surface area (Å²) in [6.45, 7) is 0. The van der Waals surface area contributed by atoms with Crippen LogP contribution in [0, 0.1) is 0 Å². The molecule has 0 aliphatic heterocycles. The Morgan fingerprint density at radius 1 is 0.676 bits per heavy atom. The van der Waals surface area contributed by atoms with Crippen LogP contribution in [0.15, 0.2) is 85.2 Å². The molecule has 34 heavy (non-hydrogen) atoms. The van der Waals surface area contributed by atoms with Crippen molar-refractivity contribution in [1.82, 2.24) is 9.97 Å². The van der Waals surface area contributed by atoms with Crippen molar-refractivity contribution >= 4 is 23.2 Å². The molecule has 170 valence electrons. The van der Waals surface area contributed by atoms with Crippen molar-refractivity contribution in [1.29, 1.82) is 0 Å². The first-order valence-corrected chi connectivity index (χ1v) is 10.4. The second-order valence-electron chi connectivity index (χ2n) is 7.19. The Morgan fingerprint density at radius 3 is 1.65 bits per heavy atom. The Bertz CT molecular complexity index is 1290. The van der Waals surface area contributed by atoms with Crippen molar-refractivity contribution in [3.8, 4) is 22.9 Å². The number of anilines is 2. The molecule has 0 saturated heterocycles. The number of amides is 2. The highest BCUT2D eigenvalue weighted by molar-refractivity contribution is 6.07. The monoisotopic (exact) mass is 454 g/mol. The van der Waals surface area contributed by atoms with Gasteiger partial charge < -0.3 is 20.1 Å². The summed E-state index contributed by atoms with van der Waals surface area (Å²) in [5.41, 5.74) is 2.41. The molecule has 0 radical (unpaired) electrons.